The lowest BCUT2D eigenvalue weighted by Gasteiger charge is -2.50. The van der Waals surface area contributed by atoms with Crippen LogP contribution in [0.2, 0.25) is 0 Å². The Morgan fingerprint density at radius 2 is 0.505 bits per heavy atom. The number of rotatable bonds is 26. The minimum atomic E-state index is -2.52. The molecule has 600 valence electrons. The van der Waals surface area contributed by atoms with Gasteiger partial charge in [-0.2, -0.15) is 0 Å². The summed E-state index contributed by atoms with van der Waals surface area (Å²) in [7, 11) is 0. The fraction of sp³-hybridized carbons (Fsp3) is 0.982. The highest BCUT2D eigenvalue weighted by Crippen LogP contribution is 2.40. The third-order valence-electron chi connectivity index (χ3n) is 19.1. The van der Waals surface area contributed by atoms with Crippen LogP contribution in [0.3, 0.4) is 0 Å². The normalized spacial score (nSPS) is 52.4. The van der Waals surface area contributed by atoms with Crippen LogP contribution in [-0.4, -0.2) is 485 Å². The van der Waals surface area contributed by atoms with Crippen molar-refractivity contribution in [3.05, 3.63) is 0 Å². The van der Waals surface area contributed by atoms with Crippen molar-refractivity contribution in [3.63, 3.8) is 0 Å². The third-order valence-corrected chi connectivity index (χ3v) is 19.1. The number of amides is 1. The lowest BCUT2D eigenvalue weighted by atomic mass is 9.94. The molecule has 0 aromatic carbocycles. The van der Waals surface area contributed by atoms with Crippen molar-refractivity contribution in [1.29, 1.82) is 0 Å². The van der Waals surface area contributed by atoms with Gasteiger partial charge < -0.3 is 229 Å². The van der Waals surface area contributed by atoms with Crippen LogP contribution < -0.4 is 5.32 Å². The number of hydrogen-bond acceptors (Lipinski definition) is 46. The highest BCUT2D eigenvalue weighted by atomic mass is 16.8. The van der Waals surface area contributed by atoms with Gasteiger partial charge in [-0.3, -0.25) is 4.79 Å². The van der Waals surface area contributed by atoms with Crippen molar-refractivity contribution in [2.45, 2.75) is 283 Å². The first-order chi connectivity index (χ1) is 48.8. The Kier molecular flexibility index (Phi) is 30.2. The maximum atomic E-state index is 12.4. The van der Waals surface area contributed by atoms with Crippen LogP contribution in [-0.2, 0) is 85.3 Å². The molecule has 47 heteroatoms. The molecule has 47 nitrogen and oxygen atoms in total. The van der Waals surface area contributed by atoms with E-state index in [0.717, 1.165) is 6.92 Å². The van der Waals surface area contributed by atoms with Gasteiger partial charge in [0, 0.05) is 6.92 Å². The van der Waals surface area contributed by atoms with E-state index in [1.807, 2.05) is 0 Å². The van der Waals surface area contributed by atoms with E-state index in [0.29, 0.717) is 0 Å². The zero-order chi connectivity index (χ0) is 75.6. The first-order valence-electron chi connectivity index (χ1n) is 32.7. The van der Waals surface area contributed by atoms with Gasteiger partial charge in [0.1, 0.15) is 220 Å². The Hall–Kier alpha value is -2.33. The molecule has 9 aliphatic heterocycles. The molecular formula is C56H95NO46. The van der Waals surface area contributed by atoms with Gasteiger partial charge in [0.2, 0.25) is 5.91 Å². The van der Waals surface area contributed by atoms with E-state index >= 15 is 0 Å². The van der Waals surface area contributed by atoms with Crippen LogP contribution in [0.1, 0.15) is 6.92 Å². The summed E-state index contributed by atoms with van der Waals surface area (Å²) in [5.41, 5.74) is 0. The molecule has 0 aromatic rings. The van der Waals surface area contributed by atoms with Gasteiger partial charge in [-0.25, -0.2) is 0 Å². The molecule has 1 amide bonds. The lowest BCUT2D eigenvalue weighted by Crippen LogP contribution is -2.69. The van der Waals surface area contributed by atoms with E-state index < -0.39 is 342 Å². The molecule has 0 radical (unpaired) electrons. The molecule has 9 rings (SSSR count). The van der Waals surface area contributed by atoms with E-state index in [1.165, 1.54) is 0 Å². The van der Waals surface area contributed by atoms with Crippen LogP contribution in [0.15, 0.2) is 0 Å². The van der Waals surface area contributed by atoms with Gasteiger partial charge in [0.25, 0.3) is 0 Å². The predicted octanol–water partition coefficient (Wildman–Crippen LogP) is -20.5. The Balaban J connectivity index is 1.05. The standard InChI is InChI=1S/C56H95NO46/c1-11(65)57-21-30(74)42(18(8-64)89-48(21)86)98-53-41(85)44(100-55-47(36(80)27(71)16(6-62)94-55)103-56-46(35(79)26(70)17(7-63)95-56)102-52-39(83)33(77)24(68)14(4-60)92-52)29(73)20(97-53)10-88-50-40(84)43(28(72)19(96-50)9-87-49-37(81)31(75)22(66)12(2-58)90-49)99-54-45(34(78)25(69)15(5-61)93-54)101-51-38(82)32(76)23(67)13(3-59)91-51/h12-56,58-64,66-86H,2-10H2,1H3,(H,57,65)/t12-,13-,14-,15-,16-,17-,18-,19-,20-,21-,22-,23-,24-,25-,26-,27-,28-,29-,30-,31+,32+,33+,34-,35+,36+,37+,38+,39+,40+,41+,42-,43+,44+,45+,46+,47+,48-,49+,50+,51-,52-,53+,54-,55-,56-/m1/s1. The molecule has 0 unspecified atom stereocenters. The maximum absolute atomic E-state index is 12.4. The summed E-state index contributed by atoms with van der Waals surface area (Å²) in [6.45, 7) is -8.75. The van der Waals surface area contributed by atoms with E-state index in [1.54, 1.807) is 0 Å². The van der Waals surface area contributed by atoms with Crippen LogP contribution in [0, 0.1) is 0 Å². The molecule has 0 saturated carbocycles. The second kappa shape index (κ2) is 36.7. The zero-order valence-corrected chi connectivity index (χ0v) is 54.2. The number of ether oxygens (including phenoxy) is 17. The van der Waals surface area contributed by atoms with Crippen LogP contribution in [0.25, 0.3) is 0 Å². The number of carbonyl (C=O) groups is 1. The smallest absolute Gasteiger partial charge is 0.217 e. The van der Waals surface area contributed by atoms with Crippen LogP contribution >= 0.6 is 0 Å². The van der Waals surface area contributed by atoms with Gasteiger partial charge in [0.05, 0.1) is 59.5 Å². The quantitative estimate of drug-likeness (QED) is 0.0382. The molecule has 0 bridgehead atoms. The number of hydrogen-bond donors (Lipinski definition) is 29. The number of carbonyl (C=O) groups excluding carboxylic acids is 1. The van der Waals surface area contributed by atoms with E-state index in [4.69, 9.17) is 80.5 Å². The van der Waals surface area contributed by atoms with E-state index in [-0.39, 0.29) is 0 Å². The molecular weight excluding hydrogens is 1420 g/mol. The first-order valence-corrected chi connectivity index (χ1v) is 32.7. The zero-order valence-electron chi connectivity index (χ0n) is 54.2. The molecule has 29 N–H and O–H groups in total. The van der Waals surface area contributed by atoms with Crippen molar-refractivity contribution < 1.29 is 228 Å². The molecule has 0 aromatic heterocycles. The van der Waals surface area contributed by atoms with Crippen molar-refractivity contribution in [2.75, 3.05) is 59.5 Å². The molecule has 9 fully saturated rings. The van der Waals surface area contributed by atoms with Crippen molar-refractivity contribution in [2.24, 2.45) is 0 Å². The number of aliphatic hydroxyl groups excluding tert-OH is 28. The largest absolute Gasteiger partial charge is 0.394 e. The second-order valence-corrected chi connectivity index (χ2v) is 26.0. The molecule has 0 aliphatic carbocycles. The number of aliphatic hydroxyl groups is 28. The summed E-state index contributed by atoms with van der Waals surface area (Å²) in [6, 6.07) is -1.77. The third kappa shape index (κ3) is 18.0. The lowest BCUT2D eigenvalue weighted by molar-refractivity contribution is -0.408. The minimum absolute atomic E-state index is 0.857. The molecule has 103 heavy (non-hydrogen) atoms. The molecule has 45 atom stereocenters. The van der Waals surface area contributed by atoms with E-state index in [9.17, 15) is 148 Å². The summed E-state index contributed by atoms with van der Waals surface area (Å²) in [5, 5.41) is 309. The Labute approximate surface area is 581 Å². The van der Waals surface area contributed by atoms with Gasteiger partial charge in [-0.05, 0) is 0 Å². The molecule has 0 spiro atoms. The second-order valence-electron chi connectivity index (χ2n) is 26.0. The van der Waals surface area contributed by atoms with Gasteiger partial charge >= 0.3 is 0 Å². The van der Waals surface area contributed by atoms with Crippen molar-refractivity contribution in [3.8, 4) is 0 Å². The fourth-order valence-corrected chi connectivity index (χ4v) is 13.1. The Morgan fingerprint density at radius 3 is 0.854 bits per heavy atom. The summed E-state index contributed by atoms with van der Waals surface area (Å²) in [6.07, 6.45) is -93.7. The Bertz CT molecular complexity index is 2580. The van der Waals surface area contributed by atoms with Gasteiger partial charge in [0.15, 0.2) is 56.6 Å². The number of nitrogens with one attached hydrogen (secondary N) is 1. The summed E-state index contributed by atoms with van der Waals surface area (Å²) in [5.74, 6) is -0.857. The average Bonchev–Trinajstić information content (AvgIpc) is 0.767. The summed E-state index contributed by atoms with van der Waals surface area (Å²) >= 11 is 0. The monoisotopic (exact) mass is 1520 g/mol. The summed E-state index contributed by atoms with van der Waals surface area (Å²) < 4.78 is 98.4. The predicted molar refractivity (Wildman–Crippen MR) is 309 cm³/mol. The molecule has 9 heterocycles. The molecule has 9 aliphatic rings. The van der Waals surface area contributed by atoms with Crippen molar-refractivity contribution in [1.82, 2.24) is 5.32 Å². The SMILES string of the molecule is CC(=O)N[C@@H]1[C@@H](O)[C@H](O[C@@H]2O[C@H](CO[C@H]3O[C@H](CO[C@H]4O[C@H](CO)[C@@H](O)[C@H](O)[C@@H]4O)[C@@H](O)[C@H](O[C@H]4O[C@H](CO)[C@@H](O)[C@@H](O)[C@@H]4O[C@H]4O[C@H](CO)[C@@H](O)[C@H](O)[C@@H]4O)[C@@H]3O)[C@@H](O)[C@H](O[C@H]3O[C@H](CO)[C@@H](O)[C@H](O)[C@@H]3O[C@H]3O[C@H](CO)[C@@H](O)[C@H](O)[C@@H]3O[C@H]3O[C@H](CO)[C@@H](O)[C@H](O)[C@@H]3O)[C@@H]2O)[C@@H](CO)O[C@H]1O. The summed E-state index contributed by atoms with van der Waals surface area (Å²) in [4.78, 5) is 12.3. The highest BCUT2D eigenvalue weighted by molar-refractivity contribution is 5.73. The topological polar surface area (TPSA) is 752 Å². The molecule has 9 saturated heterocycles. The van der Waals surface area contributed by atoms with Crippen molar-refractivity contribution >= 4 is 5.91 Å². The van der Waals surface area contributed by atoms with Crippen LogP contribution in [0.5, 0.6) is 0 Å². The Morgan fingerprint density at radius 1 is 0.252 bits per heavy atom. The van der Waals surface area contributed by atoms with Gasteiger partial charge in [-0.1, -0.05) is 0 Å². The van der Waals surface area contributed by atoms with E-state index in [2.05, 4.69) is 5.32 Å². The maximum Gasteiger partial charge on any atom is 0.217 e. The first kappa shape index (κ1) is 84.7. The average molecular weight is 1520 g/mol. The fourth-order valence-electron chi connectivity index (χ4n) is 13.1. The van der Waals surface area contributed by atoms with Crippen LogP contribution in [0.4, 0.5) is 0 Å². The minimum Gasteiger partial charge on any atom is -0.394 e. The highest BCUT2D eigenvalue weighted by Gasteiger charge is 2.60. The van der Waals surface area contributed by atoms with Gasteiger partial charge in [-0.15, -0.1) is 0 Å².